The normalized spacial score (nSPS) is 13.8. The van der Waals surface area contributed by atoms with Crippen molar-refractivity contribution < 1.29 is 22.3 Å². The van der Waals surface area contributed by atoms with Crippen molar-refractivity contribution in [1.29, 1.82) is 5.26 Å². The van der Waals surface area contributed by atoms with Gasteiger partial charge in [-0.3, -0.25) is 14.5 Å². The molecule has 0 atom stereocenters. The molecule has 1 aliphatic rings. The summed E-state index contributed by atoms with van der Waals surface area (Å²) in [6.07, 6.45) is 4.42. The van der Waals surface area contributed by atoms with Gasteiger partial charge in [0.2, 0.25) is 10.0 Å². The van der Waals surface area contributed by atoms with Gasteiger partial charge in [-0.2, -0.15) is 5.26 Å². The first-order valence-electron chi connectivity index (χ1n) is 14.0. The van der Waals surface area contributed by atoms with Gasteiger partial charge in [0.1, 0.15) is 23.4 Å². The molecule has 0 spiro atoms. The van der Waals surface area contributed by atoms with Gasteiger partial charge in [-0.1, -0.05) is 25.5 Å². The van der Waals surface area contributed by atoms with E-state index in [-0.39, 0.29) is 30.0 Å². The molecule has 2 amide bonds. The minimum absolute atomic E-state index is 0. The van der Waals surface area contributed by atoms with Gasteiger partial charge in [-0.05, 0) is 79.4 Å². The Morgan fingerprint density at radius 1 is 1.07 bits per heavy atom. The van der Waals surface area contributed by atoms with E-state index in [0.29, 0.717) is 29.4 Å². The second kappa shape index (κ2) is 15.6. The first kappa shape index (κ1) is 33.6. The van der Waals surface area contributed by atoms with E-state index in [4.69, 9.17) is 4.74 Å². The molecular formula is C31H37ClFN5O4S. The summed E-state index contributed by atoms with van der Waals surface area (Å²) >= 11 is 0. The van der Waals surface area contributed by atoms with Crippen LogP contribution in [0.1, 0.15) is 43.7 Å². The number of nitrogens with one attached hydrogen (secondary N) is 2. The summed E-state index contributed by atoms with van der Waals surface area (Å²) in [5.41, 5.74) is 2.06. The molecule has 3 aromatic rings. The molecule has 0 saturated carbocycles. The van der Waals surface area contributed by atoms with Gasteiger partial charge in [0.15, 0.2) is 0 Å². The molecule has 0 aliphatic carbocycles. The third-order valence-corrected chi connectivity index (χ3v) is 7.61. The largest absolute Gasteiger partial charge is 0.457 e. The number of nitrogens with zero attached hydrogens (tertiary/aromatic N) is 3. The number of benzene rings is 3. The number of ether oxygens (including phenoxy) is 1. The van der Waals surface area contributed by atoms with Crippen molar-refractivity contribution in [2.45, 2.75) is 45.2 Å². The molecule has 0 aromatic heterocycles. The van der Waals surface area contributed by atoms with Crippen molar-refractivity contribution in [1.82, 2.24) is 10.2 Å². The Morgan fingerprint density at radius 2 is 1.70 bits per heavy atom. The number of hydrogen-bond donors (Lipinski definition) is 2. The summed E-state index contributed by atoms with van der Waals surface area (Å²) in [7, 11) is -3.33. The first-order chi connectivity index (χ1) is 20.1. The fourth-order valence-electron chi connectivity index (χ4n) is 4.78. The number of halogens is 2. The quantitative estimate of drug-likeness (QED) is 0.259. The van der Waals surface area contributed by atoms with Crippen molar-refractivity contribution >= 4 is 39.8 Å². The van der Waals surface area contributed by atoms with Crippen LogP contribution in [0.25, 0.3) is 0 Å². The van der Waals surface area contributed by atoms with E-state index in [1.807, 2.05) is 37.3 Å². The van der Waals surface area contributed by atoms with Crippen LogP contribution in [0.4, 0.5) is 20.6 Å². The van der Waals surface area contributed by atoms with Gasteiger partial charge in [0.25, 0.3) is 0 Å². The van der Waals surface area contributed by atoms with Crippen LogP contribution in [0.3, 0.4) is 0 Å². The lowest BCUT2D eigenvalue weighted by molar-refractivity contribution is 0.188. The predicted molar refractivity (Wildman–Crippen MR) is 169 cm³/mol. The number of unbranched alkanes of at least 4 members (excludes halogenated alkanes) is 1. The smallest absolute Gasteiger partial charge is 0.322 e. The molecule has 9 nitrogen and oxygen atoms in total. The molecule has 0 bridgehead atoms. The zero-order valence-corrected chi connectivity index (χ0v) is 25.9. The lowest BCUT2D eigenvalue weighted by Crippen LogP contribution is -2.49. The molecule has 43 heavy (non-hydrogen) atoms. The molecular weight excluding hydrogens is 593 g/mol. The highest BCUT2D eigenvalue weighted by Crippen LogP contribution is 2.25. The maximum Gasteiger partial charge on any atom is 0.322 e. The van der Waals surface area contributed by atoms with E-state index in [2.05, 4.69) is 14.9 Å². The Balaban J connectivity index is 0.00000506. The van der Waals surface area contributed by atoms with Gasteiger partial charge in [0.05, 0.1) is 11.8 Å². The summed E-state index contributed by atoms with van der Waals surface area (Å²) in [5, 5.41) is 12.3. The molecule has 1 saturated heterocycles. The van der Waals surface area contributed by atoms with Crippen LogP contribution in [-0.2, 0) is 16.6 Å². The van der Waals surface area contributed by atoms with Crippen molar-refractivity contribution in [2.75, 3.05) is 35.5 Å². The van der Waals surface area contributed by atoms with Crippen molar-refractivity contribution in [3.8, 4) is 17.6 Å². The minimum atomic E-state index is -3.33. The maximum atomic E-state index is 13.8. The van der Waals surface area contributed by atoms with E-state index in [9.17, 15) is 22.9 Å². The fraction of sp³-hybridized carbons (Fsp3) is 0.355. The van der Waals surface area contributed by atoms with Crippen LogP contribution < -0.4 is 19.7 Å². The molecule has 1 heterocycles. The summed E-state index contributed by atoms with van der Waals surface area (Å²) in [4.78, 5) is 17.1. The third kappa shape index (κ3) is 10.1. The summed E-state index contributed by atoms with van der Waals surface area (Å²) in [6.45, 7) is 4.98. The SMILES string of the molecule is CCCCN(C(=O)NC1CCN(Cc2ccc(Oc3ccc(NS(C)(=O)=O)cc3)cc2)CC1)c1ccc(F)c(C#N)c1.Cl. The molecule has 0 unspecified atom stereocenters. The second-order valence-corrected chi connectivity index (χ2v) is 12.2. The van der Waals surface area contributed by atoms with Gasteiger partial charge < -0.3 is 10.1 Å². The monoisotopic (exact) mass is 629 g/mol. The highest BCUT2D eigenvalue weighted by molar-refractivity contribution is 7.92. The van der Waals surface area contributed by atoms with E-state index in [0.717, 1.165) is 57.1 Å². The number of carbonyl (C=O) groups excluding carboxylic acids is 1. The Labute approximate surface area is 259 Å². The molecule has 1 fully saturated rings. The number of sulfonamides is 1. The predicted octanol–water partition coefficient (Wildman–Crippen LogP) is 6.26. The summed E-state index contributed by atoms with van der Waals surface area (Å²) in [6, 6.07) is 20.4. The average Bonchev–Trinajstić information content (AvgIpc) is 2.96. The Kier molecular flexibility index (Phi) is 12.2. The van der Waals surface area contributed by atoms with Crippen molar-refractivity contribution in [2.24, 2.45) is 0 Å². The second-order valence-electron chi connectivity index (χ2n) is 10.4. The van der Waals surface area contributed by atoms with Gasteiger partial charge in [-0.25, -0.2) is 17.6 Å². The third-order valence-electron chi connectivity index (χ3n) is 7.00. The zero-order valence-electron chi connectivity index (χ0n) is 24.3. The standard InChI is InChI=1S/C31H36FN5O4S.ClH/c1-3-4-17-37(27-9-14-30(32)24(20-27)21-33)31(38)34-25-15-18-36(19-16-25)22-23-5-10-28(11-6-23)41-29-12-7-26(8-13-29)35-42(2,39)40;/h5-14,20,25,35H,3-4,15-19,22H2,1-2H3,(H,34,38);1H. The van der Waals surface area contributed by atoms with E-state index < -0.39 is 15.8 Å². The molecule has 12 heteroatoms. The number of hydrogen-bond acceptors (Lipinski definition) is 6. The Hall–Kier alpha value is -3.85. The molecule has 2 N–H and O–H groups in total. The maximum absolute atomic E-state index is 13.8. The van der Waals surface area contributed by atoms with Crippen LogP contribution in [0.5, 0.6) is 11.5 Å². The Morgan fingerprint density at radius 3 is 2.28 bits per heavy atom. The number of piperidine rings is 1. The fourth-order valence-corrected chi connectivity index (χ4v) is 5.35. The number of rotatable bonds is 11. The van der Waals surface area contributed by atoms with Crippen molar-refractivity contribution in [3.05, 3.63) is 83.7 Å². The van der Waals surface area contributed by atoms with Gasteiger partial charge in [-0.15, -0.1) is 12.4 Å². The van der Waals surface area contributed by atoms with Crippen LogP contribution >= 0.6 is 12.4 Å². The topological polar surface area (TPSA) is 115 Å². The average molecular weight is 630 g/mol. The molecule has 1 aliphatic heterocycles. The number of amides is 2. The number of carbonyl (C=O) groups is 1. The van der Waals surface area contributed by atoms with Crippen LogP contribution in [0, 0.1) is 17.1 Å². The summed E-state index contributed by atoms with van der Waals surface area (Å²) in [5.74, 6) is 0.687. The number of nitriles is 1. The van der Waals surface area contributed by atoms with Gasteiger partial charge in [0, 0.05) is 43.6 Å². The van der Waals surface area contributed by atoms with Crippen LogP contribution in [0.2, 0.25) is 0 Å². The lowest BCUT2D eigenvalue weighted by Gasteiger charge is -2.34. The highest BCUT2D eigenvalue weighted by atomic mass is 35.5. The summed E-state index contributed by atoms with van der Waals surface area (Å²) < 4.78 is 44.9. The van der Waals surface area contributed by atoms with E-state index >= 15 is 0 Å². The van der Waals surface area contributed by atoms with E-state index in [1.54, 1.807) is 35.2 Å². The highest BCUT2D eigenvalue weighted by Gasteiger charge is 2.24. The zero-order chi connectivity index (χ0) is 30.1. The van der Waals surface area contributed by atoms with Gasteiger partial charge >= 0.3 is 6.03 Å². The minimum Gasteiger partial charge on any atom is -0.457 e. The molecule has 0 radical (unpaired) electrons. The number of urea groups is 1. The van der Waals surface area contributed by atoms with Crippen molar-refractivity contribution in [3.63, 3.8) is 0 Å². The Bertz CT molecular complexity index is 1510. The molecule has 230 valence electrons. The van der Waals surface area contributed by atoms with Crippen LogP contribution in [-0.4, -0.2) is 51.3 Å². The van der Waals surface area contributed by atoms with Crippen LogP contribution in [0.15, 0.2) is 66.7 Å². The lowest BCUT2D eigenvalue weighted by atomic mass is 10.0. The number of likely N-dealkylation sites (tertiary alicyclic amines) is 1. The molecule has 4 rings (SSSR count). The van der Waals surface area contributed by atoms with E-state index in [1.165, 1.54) is 12.1 Å². The molecule has 3 aromatic carbocycles. The first-order valence-corrected chi connectivity index (χ1v) is 15.9. The number of anilines is 2.